The van der Waals surface area contributed by atoms with Crippen molar-refractivity contribution in [1.29, 1.82) is 0 Å². The molecular weight excluding hydrogens is 244 g/mol. The zero-order valence-electron chi connectivity index (χ0n) is 10.4. The Morgan fingerprint density at radius 3 is 2.94 bits per heavy atom. The third kappa shape index (κ3) is 2.54. The number of benzene rings is 1. The molecule has 94 valence electrons. The van der Waals surface area contributed by atoms with Crippen molar-refractivity contribution in [1.82, 2.24) is 10.3 Å². The van der Waals surface area contributed by atoms with E-state index < -0.39 is 0 Å². The summed E-state index contributed by atoms with van der Waals surface area (Å²) in [6.45, 7) is 4.64. The first kappa shape index (κ1) is 11.7. The fourth-order valence-corrected chi connectivity index (χ4v) is 3.02. The molecule has 0 saturated heterocycles. The van der Waals surface area contributed by atoms with Gasteiger partial charge in [0, 0.05) is 24.4 Å². The van der Waals surface area contributed by atoms with Crippen molar-refractivity contribution in [2.24, 2.45) is 0 Å². The third-order valence-corrected chi connectivity index (χ3v) is 4.10. The average Bonchev–Trinajstić information content (AvgIpc) is 2.81. The lowest BCUT2D eigenvalue weighted by atomic mass is 10.2. The van der Waals surface area contributed by atoms with Crippen molar-refractivity contribution in [3.05, 3.63) is 45.4 Å². The fraction of sp³-hybridized carbons (Fsp3) is 0.357. The van der Waals surface area contributed by atoms with Gasteiger partial charge in [0.05, 0.1) is 5.69 Å². The summed E-state index contributed by atoms with van der Waals surface area (Å²) in [7, 11) is 0. The van der Waals surface area contributed by atoms with Crippen LogP contribution in [0.3, 0.4) is 0 Å². The van der Waals surface area contributed by atoms with Crippen molar-refractivity contribution < 1.29 is 4.74 Å². The van der Waals surface area contributed by atoms with Gasteiger partial charge in [-0.05, 0) is 19.1 Å². The molecule has 0 atom stereocenters. The van der Waals surface area contributed by atoms with E-state index in [0.29, 0.717) is 6.61 Å². The molecule has 3 rings (SSSR count). The zero-order chi connectivity index (χ0) is 12.4. The lowest BCUT2D eigenvalue weighted by molar-refractivity contribution is 0.305. The Bertz CT molecular complexity index is 510. The maximum absolute atomic E-state index is 5.75. The van der Waals surface area contributed by atoms with Gasteiger partial charge in [-0.1, -0.05) is 17.7 Å². The first-order valence-electron chi connectivity index (χ1n) is 6.19. The molecule has 4 heteroatoms. The van der Waals surface area contributed by atoms with Gasteiger partial charge in [-0.15, -0.1) is 11.3 Å². The molecule has 0 unspecified atom stereocenters. The Morgan fingerprint density at radius 1 is 1.33 bits per heavy atom. The van der Waals surface area contributed by atoms with E-state index in [1.54, 1.807) is 11.3 Å². The van der Waals surface area contributed by atoms with Crippen molar-refractivity contribution in [3.8, 4) is 5.75 Å². The Hall–Kier alpha value is -1.39. The second-order valence-electron chi connectivity index (χ2n) is 4.51. The second-order valence-corrected chi connectivity index (χ2v) is 5.67. The number of aromatic nitrogens is 1. The molecule has 0 saturated carbocycles. The monoisotopic (exact) mass is 260 g/mol. The minimum atomic E-state index is 0.570. The maximum atomic E-state index is 5.75. The molecule has 0 radical (unpaired) electrons. The lowest BCUT2D eigenvalue weighted by Gasteiger charge is -2.09. The van der Waals surface area contributed by atoms with Gasteiger partial charge in [0.2, 0.25) is 0 Å². The van der Waals surface area contributed by atoms with Crippen LogP contribution in [0.1, 0.15) is 21.1 Å². The molecule has 1 aliphatic rings. The Labute approximate surface area is 111 Å². The van der Waals surface area contributed by atoms with Gasteiger partial charge >= 0.3 is 0 Å². The first-order chi connectivity index (χ1) is 8.81. The average molecular weight is 260 g/mol. The van der Waals surface area contributed by atoms with Crippen LogP contribution in [0.4, 0.5) is 0 Å². The van der Waals surface area contributed by atoms with Crippen molar-refractivity contribution >= 4 is 11.3 Å². The van der Waals surface area contributed by atoms with E-state index in [-0.39, 0.29) is 0 Å². The van der Waals surface area contributed by atoms with Crippen LogP contribution in [0.25, 0.3) is 0 Å². The first-order valence-corrected chi connectivity index (χ1v) is 7.00. The van der Waals surface area contributed by atoms with Crippen molar-refractivity contribution in [3.63, 3.8) is 0 Å². The Balaban J connectivity index is 1.66. The molecule has 0 fully saturated rings. The predicted molar refractivity (Wildman–Crippen MR) is 73.0 cm³/mol. The molecule has 18 heavy (non-hydrogen) atoms. The van der Waals surface area contributed by atoms with E-state index >= 15 is 0 Å². The molecule has 0 aliphatic carbocycles. The van der Waals surface area contributed by atoms with Crippen LogP contribution in [-0.4, -0.2) is 11.5 Å². The van der Waals surface area contributed by atoms with Gasteiger partial charge in [0.25, 0.3) is 0 Å². The number of hydrogen-bond donors (Lipinski definition) is 1. The van der Waals surface area contributed by atoms with Crippen LogP contribution in [-0.2, 0) is 19.6 Å². The minimum Gasteiger partial charge on any atom is -0.486 e. The van der Waals surface area contributed by atoms with Gasteiger partial charge < -0.3 is 10.1 Å². The quantitative estimate of drug-likeness (QED) is 0.921. The van der Waals surface area contributed by atoms with E-state index in [9.17, 15) is 0 Å². The third-order valence-electron chi connectivity index (χ3n) is 3.03. The number of ether oxygens (including phenoxy) is 1. The molecule has 1 aromatic heterocycles. The highest BCUT2D eigenvalue weighted by atomic mass is 32.1. The van der Waals surface area contributed by atoms with E-state index in [0.717, 1.165) is 30.3 Å². The number of hydrogen-bond acceptors (Lipinski definition) is 4. The smallest absolute Gasteiger partial charge is 0.140 e. The summed E-state index contributed by atoms with van der Waals surface area (Å²) in [6.07, 6.45) is 1.04. The number of fused-ring (bicyclic) bond motifs is 1. The molecule has 2 aromatic rings. The fourth-order valence-electron chi connectivity index (χ4n) is 2.02. The van der Waals surface area contributed by atoms with Crippen LogP contribution in [0.15, 0.2) is 24.3 Å². The predicted octanol–water partition coefficient (Wildman–Crippen LogP) is 2.68. The topological polar surface area (TPSA) is 34.1 Å². The van der Waals surface area contributed by atoms with Crippen molar-refractivity contribution in [2.45, 2.75) is 26.5 Å². The van der Waals surface area contributed by atoms with Gasteiger partial charge in [-0.2, -0.15) is 0 Å². The number of thiazole rings is 1. The van der Waals surface area contributed by atoms with Crippen molar-refractivity contribution in [2.75, 3.05) is 6.54 Å². The van der Waals surface area contributed by atoms with Crippen LogP contribution >= 0.6 is 11.3 Å². The summed E-state index contributed by atoms with van der Waals surface area (Å²) in [5, 5.41) is 4.44. The molecule has 1 N–H and O–H groups in total. The van der Waals surface area contributed by atoms with Crippen LogP contribution < -0.4 is 10.1 Å². The van der Waals surface area contributed by atoms with Gasteiger partial charge in [0.1, 0.15) is 17.4 Å². The van der Waals surface area contributed by atoms with Crippen LogP contribution in [0, 0.1) is 6.92 Å². The van der Waals surface area contributed by atoms with E-state index in [4.69, 9.17) is 4.74 Å². The normalized spacial score (nSPS) is 14.3. The van der Waals surface area contributed by atoms with Gasteiger partial charge in [-0.25, -0.2) is 4.98 Å². The van der Waals surface area contributed by atoms with E-state index in [2.05, 4.69) is 29.4 Å². The number of nitrogens with one attached hydrogen (secondary N) is 1. The molecule has 1 aromatic carbocycles. The highest BCUT2D eigenvalue weighted by molar-refractivity contribution is 7.11. The zero-order valence-corrected chi connectivity index (χ0v) is 11.2. The second kappa shape index (κ2) is 5.08. The Morgan fingerprint density at radius 2 is 2.17 bits per heavy atom. The molecule has 0 bridgehead atoms. The van der Waals surface area contributed by atoms with E-state index in [1.807, 2.05) is 12.1 Å². The summed E-state index contributed by atoms with van der Waals surface area (Å²) < 4.78 is 5.75. The number of rotatable bonds is 3. The van der Waals surface area contributed by atoms with E-state index in [1.165, 1.54) is 16.1 Å². The summed E-state index contributed by atoms with van der Waals surface area (Å²) in [6, 6.07) is 8.13. The lowest BCUT2D eigenvalue weighted by Crippen LogP contribution is -2.22. The molecule has 0 spiro atoms. The standard InChI is InChI=1S/C14H16N2OS/c1-10-2-4-11(5-3-10)17-9-14-16-12-6-7-15-8-13(12)18-14/h2-5,15H,6-9H2,1H3. The molecule has 3 nitrogen and oxygen atoms in total. The Kier molecular flexibility index (Phi) is 3.30. The molecular formula is C14H16N2OS. The highest BCUT2D eigenvalue weighted by Gasteiger charge is 2.14. The SMILES string of the molecule is Cc1ccc(OCc2nc3c(s2)CNCC3)cc1. The summed E-state index contributed by atoms with van der Waals surface area (Å²) >= 11 is 1.76. The summed E-state index contributed by atoms with van der Waals surface area (Å²) in [5.74, 6) is 0.909. The molecule has 2 heterocycles. The maximum Gasteiger partial charge on any atom is 0.140 e. The highest BCUT2D eigenvalue weighted by Crippen LogP contribution is 2.23. The number of aryl methyl sites for hydroxylation is 1. The van der Waals surface area contributed by atoms with Gasteiger partial charge in [0.15, 0.2) is 0 Å². The van der Waals surface area contributed by atoms with Crippen LogP contribution in [0.5, 0.6) is 5.75 Å². The summed E-state index contributed by atoms with van der Waals surface area (Å²) in [4.78, 5) is 6.00. The van der Waals surface area contributed by atoms with Crippen LogP contribution in [0.2, 0.25) is 0 Å². The summed E-state index contributed by atoms with van der Waals surface area (Å²) in [5.41, 5.74) is 2.50. The largest absolute Gasteiger partial charge is 0.486 e. The molecule has 1 aliphatic heterocycles. The van der Waals surface area contributed by atoms with Gasteiger partial charge in [-0.3, -0.25) is 0 Å². The minimum absolute atomic E-state index is 0.570. The molecule has 0 amide bonds. The number of nitrogens with zero attached hydrogens (tertiary/aromatic N) is 1.